The largest absolute Gasteiger partial charge is 0.495 e. The third-order valence-electron chi connectivity index (χ3n) is 5.66. The fraction of sp³-hybridized carbons (Fsp3) is 0.304. The van der Waals surface area contributed by atoms with E-state index >= 15 is 0 Å². The van der Waals surface area contributed by atoms with Crippen LogP contribution in [0.3, 0.4) is 0 Å². The number of rotatable bonds is 5. The van der Waals surface area contributed by atoms with Gasteiger partial charge in [0.25, 0.3) is 0 Å². The summed E-state index contributed by atoms with van der Waals surface area (Å²) in [6.45, 7) is 3.65. The minimum absolute atomic E-state index is 0.136. The van der Waals surface area contributed by atoms with E-state index in [2.05, 4.69) is 26.3 Å². The Morgan fingerprint density at radius 3 is 2.59 bits per heavy atom. The highest BCUT2D eigenvalue weighted by atomic mass is 35.5. The van der Waals surface area contributed by atoms with Crippen LogP contribution in [0.1, 0.15) is 18.5 Å². The van der Waals surface area contributed by atoms with Crippen molar-refractivity contribution in [3.63, 3.8) is 0 Å². The Hall–Kier alpha value is -3.39. The van der Waals surface area contributed by atoms with Crippen molar-refractivity contribution in [1.82, 2.24) is 24.8 Å². The number of nitrogens with zero attached hydrogens (tertiary/aromatic N) is 6. The van der Waals surface area contributed by atoms with Crippen molar-refractivity contribution in [3.8, 4) is 22.8 Å². The Morgan fingerprint density at radius 2 is 1.91 bits per heavy atom. The number of anilines is 1. The summed E-state index contributed by atoms with van der Waals surface area (Å²) in [4.78, 5) is 7.00. The molecule has 0 radical (unpaired) electrons. The van der Waals surface area contributed by atoms with E-state index in [0.717, 1.165) is 54.1 Å². The Morgan fingerprint density at radius 1 is 1.06 bits per heavy atom. The van der Waals surface area contributed by atoms with E-state index in [9.17, 15) is 0 Å². The fourth-order valence-electron chi connectivity index (χ4n) is 3.95. The van der Waals surface area contributed by atoms with Gasteiger partial charge in [0.05, 0.1) is 35.7 Å². The number of aryl methyl sites for hydroxylation is 1. The van der Waals surface area contributed by atoms with Crippen molar-refractivity contribution in [1.29, 1.82) is 0 Å². The molecule has 8 nitrogen and oxygen atoms in total. The smallest absolute Gasteiger partial charge is 0.233 e. The second kappa shape index (κ2) is 8.63. The summed E-state index contributed by atoms with van der Waals surface area (Å²) in [5, 5.41) is 13.0. The van der Waals surface area contributed by atoms with Gasteiger partial charge >= 0.3 is 0 Å². The van der Waals surface area contributed by atoms with E-state index in [-0.39, 0.29) is 6.10 Å². The van der Waals surface area contributed by atoms with Crippen molar-refractivity contribution >= 4 is 22.9 Å². The number of hydrogen-bond donors (Lipinski definition) is 0. The maximum atomic E-state index is 6.38. The van der Waals surface area contributed by atoms with E-state index in [1.165, 1.54) is 0 Å². The first kappa shape index (κ1) is 20.5. The molecule has 1 fully saturated rings. The van der Waals surface area contributed by atoms with Gasteiger partial charge in [0, 0.05) is 49.3 Å². The normalized spacial score (nSPS) is 14.7. The van der Waals surface area contributed by atoms with Gasteiger partial charge in [-0.05, 0) is 31.2 Å². The van der Waals surface area contributed by atoms with Gasteiger partial charge in [0.2, 0.25) is 5.88 Å². The van der Waals surface area contributed by atoms with Gasteiger partial charge in [-0.3, -0.25) is 0 Å². The van der Waals surface area contributed by atoms with Crippen molar-refractivity contribution in [2.45, 2.75) is 25.9 Å². The van der Waals surface area contributed by atoms with E-state index in [1.54, 1.807) is 24.0 Å². The summed E-state index contributed by atoms with van der Waals surface area (Å²) >= 11 is 6.38. The standard InChI is InChI=1S/C23H23ClN6O2/c1-15-3-6-22(28-27-15)32-17-7-9-29(10-8-17)21-5-4-16(12-25-21)19-11-18(31-2)14-30-23(19)20(24)13-26-30/h3-6,11-14,17H,7-10H2,1-2H3. The Balaban J connectivity index is 1.29. The number of aromatic nitrogens is 5. The molecule has 32 heavy (non-hydrogen) atoms. The quantitative estimate of drug-likeness (QED) is 0.450. The zero-order chi connectivity index (χ0) is 22.1. The van der Waals surface area contributed by atoms with Crippen LogP contribution in [0.2, 0.25) is 5.02 Å². The molecule has 0 aliphatic carbocycles. The molecule has 0 saturated carbocycles. The van der Waals surface area contributed by atoms with Gasteiger partial charge in [-0.15, -0.1) is 5.10 Å². The van der Waals surface area contributed by atoms with Crippen molar-refractivity contribution in [2.75, 3.05) is 25.1 Å². The van der Waals surface area contributed by atoms with E-state index in [1.807, 2.05) is 37.4 Å². The number of fused-ring (bicyclic) bond motifs is 1. The molecular formula is C23H23ClN6O2. The van der Waals surface area contributed by atoms with Crippen molar-refractivity contribution in [2.24, 2.45) is 0 Å². The molecule has 1 aliphatic heterocycles. The molecule has 9 heteroatoms. The lowest BCUT2D eigenvalue weighted by atomic mass is 10.1. The van der Waals surface area contributed by atoms with Gasteiger partial charge in [0.1, 0.15) is 17.7 Å². The third kappa shape index (κ3) is 4.05. The first-order valence-corrected chi connectivity index (χ1v) is 10.9. The van der Waals surface area contributed by atoms with Crippen LogP contribution in [0.5, 0.6) is 11.6 Å². The summed E-state index contributed by atoms with van der Waals surface area (Å²) in [7, 11) is 1.64. The van der Waals surface area contributed by atoms with Gasteiger partial charge in [-0.2, -0.15) is 10.2 Å². The molecule has 5 heterocycles. The SMILES string of the molecule is COc1cc(-c2ccc(N3CCC(Oc4ccc(C)nn4)CC3)nc2)c2c(Cl)cnn2c1. The first-order chi connectivity index (χ1) is 15.6. The number of pyridine rings is 2. The Labute approximate surface area is 190 Å². The van der Waals surface area contributed by atoms with Crippen LogP contribution in [0.4, 0.5) is 5.82 Å². The topological polar surface area (TPSA) is 77.7 Å². The highest BCUT2D eigenvalue weighted by molar-refractivity contribution is 6.34. The highest BCUT2D eigenvalue weighted by Gasteiger charge is 2.22. The third-order valence-corrected chi connectivity index (χ3v) is 5.94. The molecule has 0 amide bonds. The maximum Gasteiger partial charge on any atom is 0.233 e. The van der Waals surface area contributed by atoms with E-state index in [0.29, 0.717) is 16.7 Å². The minimum Gasteiger partial charge on any atom is -0.495 e. The lowest BCUT2D eigenvalue weighted by Gasteiger charge is -2.32. The second-order valence-corrected chi connectivity index (χ2v) is 8.21. The predicted molar refractivity (Wildman–Crippen MR) is 123 cm³/mol. The van der Waals surface area contributed by atoms with Gasteiger partial charge in [-0.1, -0.05) is 11.6 Å². The van der Waals surface area contributed by atoms with Crippen LogP contribution in [-0.2, 0) is 0 Å². The second-order valence-electron chi connectivity index (χ2n) is 7.80. The van der Waals surface area contributed by atoms with Crippen LogP contribution in [0.15, 0.2) is 48.9 Å². The number of ether oxygens (including phenoxy) is 2. The van der Waals surface area contributed by atoms with Gasteiger partial charge < -0.3 is 14.4 Å². The summed E-state index contributed by atoms with van der Waals surface area (Å²) in [6, 6.07) is 9.84. The zero-order valence-electron chi connectivity index (χ0n) is 17.9. The number of methoxy groups -OCH3 is 1. The summed E-state index contributed by atoms with van der Waals surface area (Å²) in [5.41, 5.74) is 3.60. The molecule has 0 aromatic carbocycles. The van der Waals surface area contributed by atoms with Crippen LogP contribution in [-0.4, -0.2) is 51.1 Å². The Kier molecular flexibility index (Phi) is 5.53. The molecule has 0 bridgehead atoms. The molecule has 0 unspecified atom stereocenters. The molecular weight excluding hydrogens is 428 g/mol. The highest BCUT2D eigenvalue weighted by Crippen LogP contribution is 2.33. The van der Waals surface area contributed by atoms with Crippen LogP contribution < -0.4 is 14.4 Å². The molecule has 164 valence electrons. The monoisotopic (exact) mass is 450 g/mol. The molecule has 0 atom stereocenters. The predicted octanol–water partition coefficient (Wildman–Crippen LogP) is 4.20. The molecule has 0 spiro atoms. The molecule has 5 rings (SSSR count). The van der Waals surface area contributed by atoms with E-state index < -0.39 is 0 Å². The summed E-state index contributed by atoms with van der Waals surface area (Å²) < 4.78 is 13.1. The Bertz CT molecular complexity index is 1220. The average Bonchev–Trinajstić information content (AvgIpc) is 3.21. The first-order valence-electron chi connectivity index (χ1n) is 10.5. The average molecular weight is 451 g/mol. The number of hydrogen-bond acceptors (Lipinski definition) is 7. The van der Waals surface area contributed by atoms with Crippen LogP contribution in [0.25, 0.3) is 16.6 Å². The molecule has 4 aromatic heterocycles. The summed E-state index contributed by atoms with van der Waals surface area (Å²) in [6.07, 6.45) is 7.26. The van der Waals surface area contributed by atoms with Crippen molar-refractivity contribution in [3.05, 3.63) is 59.6 Å². The molecule has 4 aromatic rings. The van der Waals surface area contributed by atoms with Gasteiger partial charge in [0.15, 0.2) is 0 Å². The number of halogens is 1. The fourth-order valence-corrected chi connectivity index (χ4v) is 4.18. The summed E-state index contributed by atoms with van der Waals surface area (Å²) in [5.74, 6) is 2.23. The maximum absolute atomic E-state index is 6.38. The molecule has 0 N–H and O–H groups in total. The lowest BCUT2D eigenvalue weighted by Crippen LogP contribution is -2.38. The lowest BCUT2D eigenvalue weighted by molar-refractivity contribution is 0.162. The van der Waals surface area contributed by atoms with E-state index in [4.69, 9.17) is 26.1 Å². The van der Waals surface area contributed by atoms with Crippen LogP contribution >= 0.6 is 11.6 Å². The molecule has 1 aliphatic rings. The number of piperidine rings is 1. The van der Waals surface area contributed by atoms with Crippen molar-refractivity contribution < 1.29 is 9.47 Å². The van der Waals surface area contributed by atoms with Crippen LogP contribution in [0, 0.1) is 6.92 Å². The molecule has 1 saturated heterocycles. The van der Waals surface area contributed by atoms with Gasteiger partial charge in [-0.25, -0.2) is 9.50 Å². The zero-order valence-corrected chi connectivity index (χ0v) is 18.7. The minimum atomic E-state index is 0.136.